The number of fused-ring (bicyclic) bond motifs is 1. The molecule has 3 atom stereocenters. The van der Waals surface area contributed by atoms with Gasteiger partial charge in [0.25, 0.3) is 5.91 Å². The Bertz CT molecular complexity index is 1070. The number of amides is 4. The van der Waals surface area contributed by atoms with E-state index in [1.165, 1.54) is 4.90 Å². The van der Waals surface area contributed by atoms with Gasteiger partial charge >= 0.3 is 0 Å². The molecule has 1 saturated heterocycles. The minimum absolute atomic E-state index is 0.0271. The van der Waals surface area contributed by atoms with Crippen molar-refractivity contribution in [2.24, 2.45) is 11.8 Å². The van der Waals surface area contributed by atoms with Crippen molar-refractivity contribution in [2.75, 3.05) is 11.9 Å². The number of hydrogen-bond donors (Lipinski definition) is 2. The summed E-state index contributed by atoms with van der Waals surface area (Å²) < 4.78 is 0. The maximum absolute atomic E-state index is 12.9. The molecule has 1 aliphatic carbocycles. The molecule has 7 nitrogen and oxygen atoms in total. The van der Waals surface area contributed by atoms with Crippen LogP contribution >= 0.6 is 0 Å². The molecule has 0 spiro atoms. The van der Waals surface area contributed by atoms with Crippen molar-refractivity contribution in [2.45, 2.75) is 32.2 Å². The van der Waals surface area contributed by atoms with Crippen LogP contribution in [-0.4, -0.2) is 35.1 Å². The summed E-state index contributed by atoms with van der Waals surface area (Å²) in [5.74, 6) is -1.67. The molecular weight excluding hydrogens is 418 g/mol. The minimum Gasteiger partial charge on any atom is -0.345 e. The number of para-hydroxylation sites is 1. The van der Waals surface area contributed by atoms with E-state index in [1.54, 1.807) is 24.3 Å². The summed E-state index contributed by atoms with van der Waals surface area (Å²) >= 11 is 0. The number of nitrogens with zero attached hydrogens (tertiary/aromatic N) is 1. The summed E-state index contributed by atoms with van der Waals surface area (Å²) in [4.78, 5) is 51.8. The molecule has 2 aromatic rings. The van der Waals surface area contributed by atoms with Crippen molar-refractivity contribution >= 4 is 29.3 Å². The fraction of sp³-hybridized carbons (Fsp3) is 0.308. The monoisotopic (exact) mass is 445 g/mol. The first-order valence-electron chi connectivity index (χ1n) is 11.2. The lowest BCUT2D eigenvalue weighted by molar-refractivity contribution is -0.140. The Kier molecular flexibility index (Phi) is 6.68. The first-order valence-corrected chi connectivity index (χ1v) is 11.2. The van der Waals surface area contributed by atoms with Crippen LogP contribution in [0.15, 0.2) is 66.7 Å². The summed E-state index contributed by atoms with van der Waals surface area (Å²) in [6, 6.07) is 16.2. The average molecular weight is 446 g/mol. The van der Waals surface area contributed by atoms with Crippen LogP contribution in [0.25, 0.3) is 0 Å². The molecule has 1 fully saturated rings. The van der Waals surface area contributed by atoms with Crippen LogP contribution in [0.4, 0.5) is 5.69 Å². The molecular formula is C26H27N3O4. The van der Waals surface area contributed by atoms with Crippen molar-refractivity contribution < 1.29 is 19.2 Å². The van der Waals surface area contributed by atoms with Gasteiger partial charge in [0.2, 0.25) is 17.7 Å². The number of nitrogens with one attached hydrogen (secondary N) is 2. The number of hydrogen-bond acceptors (Lipinski definition) is 4. The summed E-state index contributed by atoms with van der Waals surface area (Å²) in [7, 11) is 0. The van der Waals surface area contributed by atoms with E-state index in [-0.39, 0.29) is 54.5 Å². The molecule has 1 aliphatic heterocycles. The lowest BCUT2D eigenvalue weighted by atomic mass is 9.85. The lowest BCUT2D eigenvalue weighted by Crippen LogP contribution is -2.34. The summed E-state index contributed by atoms with van der Waals surface area (Å²) in [6.07, 6.45) is 4.98. The lowest BCUT2D eigenvalue weighted by Gasteiger charge is -2.17. The highest BCUT2D eigenvalue weighted by Crippen LogP contribution is 2.35. The second kappa shape index (κ2) is 9.81. The molecule has 0 aromatic heterocycles. The third-order valence-electron chi connectivity index (χ3n) is 6.25. The van der Waals surface area contributed by atoms with E-state index < -0.39 is 0 Å². The highest BCUT2D eigenvalue weighted by Gasteiger charge is 2.46. The molecule has 0 radical (unpaired) electrons. The summed E-state index contributed by atoms with van der Waals surface area (Å²) in [6.45, 7) is 1.93. The molecule has 1 heterocycles. The van der Waals surface area contributed by atoms with Gasteiger partial charge in [-0.2, -0.15) is 0 Å². The molecule has 2 aliphatic rings. The second-order valence-corrected chi connectivity index (χ2v) is 8.43. The van der Waals surface area contributed by atoms with Gasteiger partial charge in [0.05, 0.1) is 29.1 Å². The molecule has 170 valence electrons. The van der Waals surface area contributed by atoms with Gasteiger partial charge in [0.1, 0.15) is 0 Å². The topological polar surface area (TPSA) is 95.6 Å². The molecule has 4 amide bonds. The number of carbonyl (C=O) groups is 4. The van der Waals surface area contributed by atoms with Crippen LogP contribution in [0.2, 0.25) is 0 Å². The van der Waals surface area contributed by atoms with Crippen molar-refractivity contribution in [1.82, 2.24) is 10.2 Å². The van der Waals surface area contributed by atoms with Gasteiger partial charge in [0.15, 0.2) is 0 Å². The maximum Gasteiger partial charge on any atom is 0.253 e. The number of benzene rings is 2. The largest absolute Gasteiger partial charge is 0.345 e. The van der Waals surface area contributed by atoms with Crippen LogP contribution in [0.1, 0.15) is 48.1 Å². The Labute approximate surface area is 192 Å². The third kappa shape index (κ3) is 4.87. The van der Waals surface area contributed by atoms with Gasteiger partial charge in [-0.3, -0.25) is 24.1 Å². The van der Waals surface area contributed by atoms with E-state index in [0.29, 0.717) is 24.1 Å². The van der Waals surface area contributed by atoms with Gasteiger partial charge < -0.3 is 10.6 Å². The van der Waals surface area contributed by atoms with E-state index >= 15 is 0 Å². The van der Waals surface area contributed by atoms with Crippen LogP contribution in [0.3, 0.4) is 0 Å². The zero-order valence-corrected chi connectivity index (χ0v) is 18.5. The molecule has 0 unspecified atom stereocenters. The highest BCUT2D eigenvalue weighted by atomic mass is 16.2. The minimum atomic E-state index is -0.361. The fourth-order valence-corrected chi connectivity index (χ4v) is 4.40. The Balaban J connectivity index is 1.36. The Hall–Kier alpha value is -3.74. The molecule has 0 saturated carbocycles. The maximum atomic E-state index is 12.9. The van der Waals surface area contributed by atoms with Crippen molar-refractivity contribution in [3.05, 3.63) is 77.9 Å². The first-order chi connectivity index (χ1) is 16.0. The molecule has 0 bridgehead atoms. The zero-order chi connectivity index (χ0) is 23.4. The summed E-state index contributed by atoms with van der Waals surface area (Å²) in [5, 5.41) is 5.71. The Morgan fingerprint density at radius 3 is 2.21 bits per heavy atom. The second-order valence-electron chi connectivity index (χ2n) is 8.43. The van der Waals surface area contributed by atoms with Gasteiger partial charge in [-0.05, 0) is 37.5 Å². The van der Waals surface area contributed by atoms with E-state index in [2.05, 4.69) is 10.6 Å². The number of anilines is 1. The number of likely N-dealkylation sites (tertiary alicyclic amines) is 1. The quantitative estimate of drug-likeness (QED) is 0.504. The molecule has 2 N–H and O–H groups in total. The van der Waals surface area contributed by atoms with Crippen LogP contribution in [0.5, 0.6) is 0 Å². The molecule has 33 heavy (non-hydrogen) atoms. The SMILES string of the molecule is C[C@@H](NC(=O)c1ccccc1NC(=O)CCN1C(=O)[C@H]2CC=CC[C@@H]2C1=O)c1ccccc1. The predicted molar refractivity (Wildman–Crippen MR) is 124 cm³/mol. The smallest absolute Gasteiger partial charge is 0.253 e. The Morgan fingerprint density at radius 1 is 0.939 bits per heavy atom. The van der Waals surface area contributed by atoms with E-state index in [1.807, 2.05) is 49.4 Å². The number of rotatable bonds is 7. The van der Waals surface area contributed by atoms with Gasteiger partial charge in [0, 0.05) is 13.0 Å². The van der Waals surface area contributed by atoms with Crippen LogP contribution < -0.4 is 10.6 Å². The van der Waals surface area contributed by atoms with Crippen molar-refractivity contribution in [3.8, 4) is 0 Å². The molecule has 2 aromatic carbocycles. The predicted octanol–water partition coefficient (Wildman–Crippen LogP) is 3.46. The van der Waals surface area contributed by atoms with Gasteiger partial charge in [-0.15, -0.1) is 0 Å². The fourth-order valence-electron chi connectivity index (χ4n) is 4.40. The van der Waals surface area contributed by atoms with Gasteiger partial charge in [-0.1, -0.05) is 54.6 Å². The third-order valence-corrected chi connectivity index (χ3v) is 6.25. The number of carbonyl (C=O) groups excluding carboxylic acids is 4. The number of allylic oxidation sites excluding steroid dienone is 2. The highest BCUT2D eigenvalue weighted by molar-refractivity contribution is 6.06. The molecule has 7 heteroatoms. The Morgan fingerprint density at radius 2 is 1.55 bits per heavy atom. The van der Waals surface area contributed by atoms with Crippen molar-refractivity contribution in [1.29, 1.82) is 0 Å². The number of imide groups is 1. The standard InChI is InChI=1S/C26H27N3O4/c1-17(18-9-3-2-4-10-18)27-24(31)21-13-7-8-14-22(21)28-23(30)15-16-29-25(32)19-11-5-6-12-20(19)26(29)33/h2-10,13-14,17,19-20H,11-12,15-16H2,1H3,(H,27,31)(H,28,30)/t17-,19+,20+/m1/s1. The van der Waals surface area contributed by atoms with E-state index in [0.717, 1.165) is 5.56 Å². The normalized spacial score (nSPS) is 20.3. The summed E-state index contributed by atoms with van der Waals surface area (Å²) in [5.41, 5.74) is 1.71. The van der Waals surface area contributed by atoms with Gasteiger partial charge in [-0.25, -0.2) is 0 Å². The zero-order valence-electron chi connectivity index (χ0n) is 18.5. The van der Waals surface area contributed by atoms with Crippen LogP contribution in [0, 0.1) is 11.8 Å². The van der Waals surface area contributed by atoms with E-state index in [9.17, 15) is 19.2 Å². The first kappa shape index (κ1) is 22.5. The van der Waals surface area contributed by atoms with E-state index in [4.69, 9.17) is 0 Å². The van der Waals surface area contributed by atoms with Crippen molar-refractivity contribution in [3.63, 3.8) is 0 Å². The molecule has 4 rings (SSSR count). The average Bonchev–Trinajstić information content (AvgIpc) is 3.08. The van der Waals surface area contributed by atoms with Crippen LogP contribution in [-0.2, 0) is 14.4 Å².